The summed E-state index contributed by atoms with van der Waals surface area (Å²) >= 11 is 0. The van der Waals surface area contributed by atoms with E-state index < -0.39 is 0 Å². The van der Waals surface area contributed by atoms with Crippen LogP contribution in [0.25, 0.3) is 0 Å². The second-order valence-corrected chi connectivity index (χ2v) is 7.68. The van der Waals surface area contributed by atoms with Crippen molar-refractivity contribution in [3.8, 4) is 11.5 Å². The van der Waals surface area contributed by atoms with Crippen LogP contribution in [0.15, 0.2) is 60.8 Å². The number of nitrogens with one attached hydrogen (secondary N) is 2. The second kappa shape index (κ2) is 8.10. The Morgan fingerprint density at radius 3 is 2.77 bits per heavy atom. The number of ether oxygens (including phenoxy) is 1. The maximum Gasteiger partial charge on any atom is 0.322 e. The molecule has 7 heteroatoms. The van der Waals surface area contributed by atoms with Crippen molar-refractivity contribution in [1.29, 1.82) is 0 Å². The van der Waals surface area contributed by atoms with Crippen molar-refractivity contribution in [3.05, 3.63) is 77.5 Å². The summed E-state index contributed by atoms with van der Waals surface area (Å²) in [5.74, 6) is 1.93. The summed E-state index contributed by atoms with van der Waals surface area (Å²) in [5, 5.41) is 5.74. The number of pyridine rings is 1. The van der Waals surface area contributed by atoms with Gasteiger partial charge in [-0.25, -0.2) is 9.78 Å². The van der Waals surface area contributed by atoms with Gasteiger partial charge >= 0.3 is 6.03 Å². The van der Waals surface area contributed by atoms with E-state index in [2.05, 4.69) is 21.7 Å². The van der Waals surface area contributed by atoms with Crippen LogP contribution in [0.5, 0.6) is 11.5 Å². The first-order valence-corrected chi connectivity index (χ1v) is 10.3. The SMILES string of the molecule is O=C1CCc2c(Oc3ccc4c(c3)CN(C(=O)Nc3ccccc3)CC4)ccnc2N1. The van der Waals surface area contributed by atoms with Crippen LogP contribution in [0.4, 0.5) is 16.3 Å². The summed E-state index contributed by atoms with van der Waals surface area (Å²) < 4.78 is 6.16. The fourth-order valence-corrected chi connectivity index (χ4v) is 3.97. The molecule has 0 bridgehead atoms. The first-order chi connectivity index (χ1) is 15.2. The van der Waals surface area contributed by atoms with Gasteiger partial charge in [0.15, 0.2) is 0 Å². The Balaban J connectivity index is 1.32. The van der Waals surface area contributed by atoms with E-state index in [1.165, 1.54) is 5.56 Å². The molecule has 1 aromatic heterocycles. The number of anilines is 2. The van der Waals surface area contributed by atoms with Crippen molar-refractivity contribution in [1.82, 2.24) is 9.88 Å². The van der Waals surface area contributed by atoms with Gasteiger partial charge in [0.2, 0.25) is 5.91 Å². The number of nitrogens with zero attached hydrogens (tertiary/aromatic N) is 2. The fraction of sp³-hybridized carbons (Fsp3) is 0.208. The Morgan fingerprint density at radius 2 is 1.90 bits per heavy atom. The number of hydrogen-bond donors (Lipinski definition) is 2. The zero-order chi connectivity index (χ0) is 21.2. The zero-order valence-electron chi connectivity index (χ0n) is 16.9. The van der Waals surface area contributed by atoms with Crippen LogP contribution in [-0.4, -0.2) is 28.4 Å². The second-order valence-electron chi connectivity index (χ2n) is 7.68. The molecule has 0 spiro atoms. The molecule has 0 aliphatic carbocycles. The highest BCUT2D eigenvalue weighted by Gasteiger charge is 2.23. The van der Waals surface area contributed by atoms with Gasteiger partial charge < -0.3 is 20.3 Å². The molecule has 2 N–H and O–H groups in total. The van der Waals surface area contributed by atoms with Crippen LogP contribution in [0.2, 0.25) is 0 Å². The van der Waals surface area contributed by atoms with Gasteiger partial charge in [-0.05, 0) is 54.3 Å². The van der Waals surface area contributed by atoms with Crippen LogP contribution in [-0.2, 0) is 24.2 Å². The number of carbonyl (C=O) groups excluding carboxylic acids is 2. The Labute approximate surface area is 180 Å². The number of amides is 3. The molecule has 0 atom stereocenters. The number of hydrogen-bond acceptors (Lipinski definition) is 4. The van der Waals surface area contributed by atoms with Crippen molar-refractivity contribution < 1.29 is 14.3 Å². The van der Waals surface area contributed by atoms with Crippen molar-refractivity contribution in [2.24, 2.45) is 0 Å². The Kier molecular flexibility index (Phi) is 5.00. The van der Waals surface area contributed by atoms with Gasteiger partial charge in [0.05, 0.1) is 0 Å². The monoisotopic (exact) mass is 414 g/mol. The predicted molar refractivity (Wildman–Crippen MR) is 117 cm³/mol. The van der Waals surface area contributed by atoms with E-state index in [1.807, 2.05) is 53.4 Å². The average molecular weight is 414 g/mol. The van der Waals surface area contributed by atoms with E-state index >= 15 is 0 Å². The molecule has 7 nitrogen and oxygen atoms in total. The normalized spacial score (nSPS) is 14.8. The highest BCUT2D eigenvalue weighted by Crippen LogP contribution is 2.34. The zero-order valence-corrected chi connectivity index (χ0v) is 16.9. The molecule has 2 aliphatic heterocycles. The fourth-order valence-electron chi connectivity index (χ4n) is 3.97. The third kappa shape index (κ3) is 4.07. The van der Waals surface area contributed by atoms with E-state index in [9.17, 15) is 9.59 Å². The van der Waals surface area contributed by atoms with Gasteiger partial charge in [-0.15, -0.1) is 0 Å². The molecular weight excluding hydrogens is 392 g/mol. The largest absolute Gasteiger partial charge is 0.457 e. The van der Waals surface area contributed by atoms with Crippen molar-refractivity contribution >= 4 is 23.4 Å². The minimum absolute atomic E-state index is 0.0280. The number of para-hydroxylation sites is 1. The molecular formula is C24H22N4O3. The smallest absolute Gasteiger partial charge is 0.322 e. The first-order valence-electron chi connectivity index (χ1n) is 10.3. The van der Waals surface area contributed by atoms with Gasteiger partial charge in [0.1, 0.15) is 17.3 Å². The lowest BCUT2D eigenvalue weighted by molar-refractivity contribution is -0.116. The first kappa shape index (κ1) is 19.1. The molecule has 0 fully saturated rings. The van der Waals surface area contributed by atoms with E-state index in [0.29, 0.717) is 43.2 Å². The quantitative estimate of drug-likeness (QED) is 0.668. The lowest BCUT2D eigenvalue weighted by atomic mass is 9.99. The van der Waals surface area contributed by atoms with Crippen LogP contribution in [0.1, 0.15) is 23.1 Å². The molecule has 156 valence electrons. The minimum Gasteiger partial charge on any atom is -0.457 e. The molecule has 2 aromatic carbocycles. The maximum atomic E-state index is 12.7. The van der Waals surface area contributed by atoms with Gasteiger partial charge in [0, 0.05) is 37.0 Å². The van der Waals surface area contributed by atoms with Crippen LogP contribution in [0, 0.1) is 0 Å². The number of fused-ring (bicyclic) bond motifs is 2. The molecule has 0 saturated carbocycles. The van der Waals surface area contributed by atoms with Gasteiger partial charge in [-0.2, -0.15) is 0 Å². The van der Waals surface area contributed by atoms with Crippen LogP contribution in [0.3, 0.4) is 0 Å². The Morgan fingerprint density at radius 1 is 1.03 bits per heavy atom. The van der Waals surface area contributed by atoms with E-state index in [-0.39, 0.29) is 11.9 Å². The Bertz CT molecular complexity index is 1150. The summed E-state index contributed by atoms with van der Waals surface area (Å²) in [6.45, 7) is 1.19. The topological polar surface area (TPSA) is 83.6 Å². The standard InChI is InChI=1S/C24H22N4O3/c29-22-9-8-20-21(10-12-25-23(20)27-22)31-19-7-6-16-11-13-28(15-17(16)14-19)24(30)26-18-4-2-1-3-5-18/h1-7,10,12,14H,8-9,11,13,15H2,(H,26,30)(H,25,27,29). The summed E-state index contributed by atoms with van der Waals surface area (Å²) in [4.78, 5) is 30.4. The van der Waals surface area contributed by atoms with E-state index in [4.69, 9.17) is 4.74 Å². The van der Waals surface area contributed by atoms with Crippen LogP contribution < -0.4 is 15.4 Å². The van der Waals surface area contributed by atoms with Crippen LogP contribution >= 0.6 is 0 Å². The van der Waals surface area contributed by atoms with Gasteiger partial charge in [-0.3, -0.25) is 4.79 Å². The molecule has 5 rings (SSSR count). The van der Waals surface area contributed by atoms with E-state index in [0.717, 1.165) is 23.2 Å². The number of aromatic nitrogens is 1. The third-order valence-electron chi connectivity index (χ3n) is 5.60. The maximum absolute atomic E-state index is 12.7. The van der Waals surface area contributed by atoms with E-state index in [1.54, 1.807) is 6.20 Å². The molecule has 0 radical (unpaired) electrons. The lowest BCUT2D eigenvalue weighted by Gasteiger charge is -2.29. The summed E-state index contributed by atoms with van der Waals surface area (Å²) in [6, 6.07) is 17.2. The highest BCUT2D eigenvalue weighted by atomic mass is 16.5. The van der Waals surface area contributed by atoms with Gasteiger partial charge in [-0.1, -0.05) is 24.3 Å². The number of carbonyl (C=O) groups is 2. The number of urea groups is 1. The average Bonchev–Trinajstić information content (AvgIpc) is 2.79. The number of rotatable bonds is 3. The van der Waals surface area contributed by atoms with Crippen molar-refractivity contribution in [2.45, 2.75) is 25.8 Å². The van der Waals surface area contributed by atoms with Crippen molar-refractivity contribution in [2.75, 3.05) is 17.2 Å². The summed E-state index contributed by atoms with van der Waals surface area (Å²) in [7, 11) is 0. The molecule has 0 saturated heterocycles. The Hall–Kier alpha value is -3.87. The summed E-state index contributed by atoms with van der Waals surface area (Å²) in [6.07, 6.45) is 3.45. The van der Waals surface area contributed by atoms with Gasteiger partial charge in [0.25, 0.3) is 0 Å². The number of benzene rings is 2. The highest BCUT2D eigenvalue weighted by molar-refractivity contribution is 5.93. The predicted octanol–water partition coefficient (Wildman–Crippen LogP) is 4.35. The molecule has 3 heterocycles. The summed E-state index contributed by atoms with van der Waals surface area (Å²) in [5.41, 5.74) is 3.98. The van der Waals surface area contributed by atoms with Crippen molar-refractivity contribution in [3.63, 3.8) is 0 Å². The third-order valence-corrected chi connectivity index (χ3v) is 5.60. The minimum atomic E-state index is -0.109. The molecule has 31 heavy (non-hydrogen) atoms. The molecule has 3 amide bonds. The molecule has 2 aliphatic rings. The lowest BCUT2D eigenvalue weighted by Crippen LogP contribution is -2.38. The molecule has 3 aromatic rings. The molecule has 0 unspecified atom stereocenters.